The summed E-state index contributed by atoms with van der Waals surface area (Å²) in [7, 11) is 1.20. The SMILES string of the molecule is COc1cc(F)ccc1CC(F)(F)F. The number of rotatable bonds is 2. The predicted octanol–water partition coefficient (Wildman–Crippen LogP) is 2.94. The van der Waals surface area contributed by atoms with E-state index in [0.717, 1.165) is 18.2 Å². The highest BCUT2D eigenvalue weighted by molar-refractivity contribution is 5.34. The van der Waals surface area contributed by atoms with Crippen LogP contribution in [0.15, 0.2) is 18.2 Å². The van der Waals surface area contributed by atoms with E-state index in [-0.39, 0.29) is 11.3 Å². The molecular weight excluding hydrogens is 200 g/mol. The Balaban J connectivity index is 2.97. The molecule has 0 atom stereocenters. The Hall–Kier alpha value is -1.26. The summed E-state index contributed by atoms with van der Waals surface area (Å²) in [4.78, 5) is 0. The molecule has 0 aliphatic carbocycles. The first kappa shape index (κ1) is 10.8. The second-order valence-corrected chi connectivity index (χ2v) is 2.75. The fraction of sp³-hybridized carbons (Fsp3) is 0.333. The number of benzene rings is 1. The van der Waals surface area contributed by atoms with E-state index in [0.29, 0.717) is 0 Å². The van der Waals surface area contributed by atoms with Gasteiger partial charge in [-0.05, 0) is 6.07 Å². The first-order valence-electron chi connectivity index (χ1n) is 3.81. The summed E-state index contributed by atoms with van der Waals surface area (Å²) in [6.45, 7) is 0. The van der Waals surface area contributed by atoms with Crippen molar-refractivity contribution in [1.82, 2.24) is 0 Å². The molecule has 0 saturated carbocycles. The van der Waals surface area contributed by atoms with Crippen LogP contribution in [0.3, 0.4) is 0 Å². The summed E-state index contributed by atoms with van der Waals surface area (Å²) in [6, 6.07) is 2.98. The van der Waals surface area contributed by atoms with Crippen molar-refractivity contribution in [1.29, 1.82) is 0 Å². The van der Waals surface area contributed by atoms with Gasteiger partial charge in [-0.1, -0.05) is 6.07 Å². The Bertz CT molecular complexity index is 319. The van der Waals surface area contributed by atoms with Gasteiger partial charge in [0.25, 0.3) is 0 Å². The molecule has 0 radical (unpaired) electrons. The van der Waals surface area contributed by atoms with E-state index in [2.05, 4.69) is 4.74 Å². The van der Waals surface area contributed by atoms with E-state index < -0.39 is 18.4 Å². The molecular formula is C9H8F4O. The molecule has 0 aromatic heterocycles. The average Bonchev–Trinajstić information content (AvgIpc) is 2.06. The monoisotopic (exact) mass is 208 g/mol. The van der Waals surface area contributed by atoms with Gasteiger partial charge in [0.15, 0.2) is 0 Å². The molecule has 0 bridgehead atoms. The Kier molecular flexibility index (Phi) is 2.98. The van der Waals surface area contributed by atoms with Crippen LogP contribution in [-0.2, 0) is 6.42 Å². The summed E-state index contributed by atoms with van der Waals surface area (Å²) in [5, 5.41) is 0. The lowest BCUT2D eigenvalue weighted by atomic mass is 10.1. The van der Waals surface area contributed by atoms with Crippen LogP contribution < -0.4 is 4.74 Å². The maximum absolute atomic E-state index is 12.6. The number of hydrogen-bond donors (Lipinski definition) is 0. The zero-order valence-electron chi connectivity index (χ0n) is 7.36. The lowest BCUT2D eigenvalue weighted by molar-refractivity contribution is -0.127. The second kappa shape index (κ2) is 3.86. The summed E-state index contributed by atoms with van der Waals surface area (Å²) in [6.07, 6.45) is -5.43. The van der Waals surface area contributed by atoms with E-state index in [4.69, 9.17) is 0 Å². The van der Waals surface area contributed by atoms with E-state index in [9.17, 15) is 17.6 Å². The van der Waals surface area contributed by atoms with E-state index >= 15 is 0 Å². The average molecular weight is 208 g/mol. The first-order valence-corrected chi connectivity index (χ1v) is 3.81. The molecule has 0 aliphatic rings. The predicted molar refractivity (Wildman–Crippen MR) is 42.7 cm³/mol. The molecule has 0 heterocycles. The van der Waals surface area contributed by atoms with Gasteiger partial charge in [-0.15, -0.1) is 0 Å². The molecule has 1 rings (SSSR count). The van der Waals surface area contributed by atoms with Gasteiger partial charge in [0.05, 0.1) is 13.5 Å². The summed E-state index contributed by atoms with van der Waals surface area (Å²) in [5.74, 6) is -0.699. The van der Waals surface area contributed by atoms with E-state index in [1.165, 1.54) is 7.11 Å². The zero-order chi connectivity index (χ0) is 10.8. The third-order valence-electron chi connectivity index (χ3n) is 1.64. The van der Waals surface area contributed by atoms with Crippen LogP contribution in [0.25, 0.3) is 0 Å². The van der Waals surface area contributed by atoms with Crippen LogP contribution in [0.2, 0.25) is 0 Å². The molecule has 0 aliphatic heterocycles. The molecule has 0 amide bonds. The molecule has 0 saturated heterocycles. The summed E-state index contributed by atoms with van der Waals surface area (Å²) in [5.41, 5.74) is -0.0681. The minimum absolute atomic E-state index is 0.0681. The number of halogens is 4. The number of hydrogen-bond acceptors (Lipinski definition) is 1. The van der Waals surface area contributed by atoms with Crippen LogP contribution in [-0.4, -0.2) is 13.3 Å². The second-order valence-electron chi connectivity index (χ2n) is 2.75. The Labute approximate surface area is 78.3 Å². The van der Waals surface area contributed by atoms with Crippen LogP contribution in [0, 0.1) is 5.82 Å². The Morgan fingerprint density at radius 3 is 2.43 bits per heavy atom. The maximum Gasteiger partial charge on any atom is 0.393 e. The highest BCUT2D eigenvalue weighted by Crippen LogP contribution is 2.27. The van der Waals surface area contributed by atoms with E-state index in [1.54, 1.807) is 0 Å². The lowest BCUT2D eigenvalue weighted by Crippen LogP contribution is -2.12. The molecule has 0 spiro atoms. The van der Waals surface area contributed by atoms with Gasteiger partial charge in [0.1, 0.15) is 11.6 Å². The number of alkyl halides is 3. The largest absolute Gasteiger partial charge is 0.496 e. The van der Waals surface area contributed by atoms with Crippen molar-refractivity contribution >= 4 is 0 Å². The van der Waals surface area contributed by atoms with Crippen LogP contribution >= 0.6 is 0 Å². The normalized spacial score (nSPS) is 11.5. The third kappa shape index (κ3) is 2.90. The van der Waals surface area contributed by atoms with Gasteiger partial charge in [-0.2, -0.15) is 13.2 Å². The molecule has 1 aromatic carbocycles. The maximum atomic E-state index is 12.6. The van der Waals surface area contributed by atoms with Crippen molar-refractivity contribution < 1.29 is 22.3 Å². The molecule has 0 fully saturated rings. The summed E-state index contributed by atoms with van der Waals surface area (Å²) >= 11 is 0. The van der Waals surface area contributed by atoms with Gasteiger partial charge in [0, 0.05) is 11.6 Å². The fourth-order valence-electron chi connectivity index (χ4n) is 1.08. The minimum atomic E-state index is -4.31. The van der Waals surface area contributed by atoms with E-state index in [1.807, 2.05) is 0 Å². The Morgan fingerprint density at radius 1 is 1.29 bits per heavy atom. The highest BCUT2D eigenvalue weighted by Gasteiger charge is 2.29. The molecule has 1 aromatic rings. The van der Waals surface area contributed by atoms with Crippen LogP contribution in [0.4, 0.5) is 17.6 Å². The quantitative estimate of drug-likeness (QED) is 0.679. The first-order chi connectivity index (χ1) is 6.42. The zero-order valence-corrected chi connectivity index (χ0v) is 7.36. The van der Waals surface area contributed by atoms with Gasteiger partial charge < -0.3 is 4.74 Å². The molecule has 0 unspecified atom stereocenters. The van der Waals surface area contributed by atoms with Gasteiger partial charge in [0.2, 0.25) is 0 Å². The van der Waals surface area contributed by atoms with Crippen molar-refractivity contribution in [3.8, 4) is 5.75 Å². The van der Waals surface area contributed by atoms with Gasteiger partial charge >= 0.3 is 6.18 Å². The highest BCUT2D eigenvalue weighted by atomic mass is 19.4. The fourth-order valence-corrected chi connectivity index (χ4v) is 1.08. The van der Waals surface area contributed by atoms with Gasteiger partial charge in [-0.25, -0.2) is 4.39 Å². The third-order valence-corrected chi connectivity index (χ3v) is 1.64. The number of methoxy groups -OCH3 is 1. The van der Waals surface area contributed by atoms with Crippen molar-refractivity contribution in [3.63, 3.8) is 0 Å². The van der Waals surface area contributed by atoms with Crippen LogP contribution in [0.1, 0.15) is 5.56 Å². The standard InChI is InChI=1S/C9H8F4O/c1-14-8-4-7(10)3-2-6(8)5-9(11,12)13/h2-4H,5H2,1H3. The van der Waals surface area contributed by atoms with Crippen molar-refractivity contribution in [2.75, 3.05) is 7.11 Å². The minimum Gasteiger partial charge on any atom is -0.496 e. The van der Waals surface area contributed by atoms with Crippen LogP contribution in [0.5, 0.6) is 5.75 Å². The number of ether oxygens (including phenoxy) is 1. The van der Waals surface area contributed by atoms with Crippen molar-refractivity contribution in [2.45, 2.75) is 12.6 Å². The molecule has 1 nitrogen and oxygen atoms in total. The molecule has 78 valence electrons. The van der Waals surface area contributed by atoms with Crippen molar-refractivity contribution in [2.24, 2.45) is 0 Å². The van der Waals surface area contributed by atoms with Gasteiger partial charge in [-0.3, -0.25) is 0 Å². The smallest absolute Gasteiger partial charge is 0.393 e. The van der Waals surface area contributed by atoms with Crippen molar-refractivity contribution in [3.05, 3.63) is 29.6 Å². The summed E-state index contributed by atoms with van der Waals surface area (Å²) < 4.78 is 53.3. The Morgan fingerprint density at radius 2 is 1.93 bits per heavy atom. The lowest BCUT2D eigenvalue weighted by Gasteiger charge is -2.10. The molecule has 5 heteroatoms. The molecule has 0 N–H and O–H groups in total. The molecule has 14 heavy (non-hydrogen) atoms. The topological polar surface area (TPSA) is 9.23 Å².